The zero-order valence-corrected chi connectivity index (χ0v) is 31.6. The van der Waals surface area contributed by atoms with Crippen LogP contribution in [0, 0.1) is 0 Å². The van der Waals surface area contributed by atoms with Crippen LogP contribution in [-0.4, -0.2) is 37.1 Å². The van der Waals surface area contributed by atoms with Gasteiger partial charge in [-0.05, 0) is 63.0 Å². The molecule has 0 atom stereocenters. The van der Waals surface area contributed by atoms with Crippen molar-refractivity contribution in [1.29, 1.82) is 0 Å². The van der Waals surface area contributed by atoms with Crippen LogP contribution >= 0.6 is 0 Å². The average molecular weight is 687 g/mol. The van der Waals surface area contributed by atoms with Gasteiger partial charge in [-0.15, -0.1) is 0 Å². The number of hydrogen-bond donors (Lipinski definition) is 1. The second-order valence-electron chi connectivity index (χ2n) is 14.8. The fourth-order valence-electron chi connectivity index (χ4n) is 8.06. The minimum Gasteiger partial charge on any atom is -0.339 e. The van der Waals surface area contributed by atoms with Crippen LogP contribution in [0.25, 0.3) is 43.6 Å². The van der Waals surface area contributed by atoms with Crippen LogP contribution in [-0.2, 0) is 26.2 Å². The lowest BCUT2D eigenvalue weighted by Gasteiger charge is -2.22. The van der Waals surface area contributed by atoms with Crippen LogP contribution < -0.4 is 5.73 Å². The van der Waals surface area contributed by atoms with Gasteiger partial charge in [0.05, 0.1) is 34.8 Å². The molecule has 6 rings (SSSR count). The maximum Gasteiger partial charge on any atom is 0.0678 e. The zero-order chi connectivity index (χ0) is 35.3. The van der Waals surface area contributed by atoms with E-state index >= 15 is 0 Å². The van der Waals surface area contributed by atoms with Crippen LogP contribution in [0.1, 0.15) is 122 Å². The minimum absolute atomic E-state index is 0.752. The van der Waals surface area contributed by atoms with Crippen molar-refractivity contribution in [3.63, 3.8) is 0 Å². The number of aromatic nitrogens is 4. The predicted octanol–water partition coefficient (Wildman–Crippen LogP) is 11.5. The lowest BCUT2D eigenvalue weighted by atomic mass is 10.1. The van der Waals surface area contributed by atoms with Crippen molar-refractivity contribution >= 4 is 43.6 Å². The third-order valence-corrected chi connectivity index (χ3v) is 10.9. The van der Waals surface area contributed by atoms with Gasteiger partial charge in [0.25, 0.3) is 0 Å². The highest BCUT2D eigenvalue weighted by Gasteiger charge is 2.16. The highest BCUT2D eigenvalue weighted by molar-refractivity contribution is 6.08. The van der Waals surface area contributed by atoms with E-state index in [1.54, 1.807) is 0 Å². The zero-order valence-electron chi connectivity index (χ0n) is 31.6. The second-order valence-corrected chi connectivity index (χ2v) is 14.8. The Bertz CT molecular complexity index is 1820. The summed E-state index contributed by atoms with van der Waals surface area (Å²) in [5, 5.41) is 5.31. The first-order chi connectivity index (χ1) is 25.2. The summed E-state index contributed by atoms with van der Waals surface area (Å²) in [6, 6.07) is 22.5. The molecule has 0 amide bonds. The van der Waals surface area contributed by atoms with E-state index in [2.05, 4.69) is 101 Å². The van der Waals surface area contributed by atoms with Gasteiger partial charge in [0.1, 0.15) is 0 Å². The maximum absolute atomic E-state index is 5.87. The fraction of sp³-hybridized carbons (Fsp3) is 0.511. The number of rotatable bonds is 23. The first kappa shape index (κ1) is 37.0. The van der Waals surface area contributed by atoms with Gasteiger partial charge >= 0.3 is 0 Å². The normalized spacial score (nSPS) is 12.1. The van der Waals surface area contributed by atoms with Gasteiger partial charge in [-0.25, -0.2) is 0 Å². The second kappa shape index (κ2) is 19.2. The molecule has 0 spiro atoms. The topological polar surface area (TPSA) is 64.9 Å². The number of aryl methyl sites for hydroxylation is 2. The number of nitrogens with two attached hydrogens (primary N) is 1. The predicted molar refractivity (Wildman–Crippen MR) is 218 cm³/mol. The number of hydrogen-bond acceptors (Lipinski definition) is 4. The molecule has 0 unspecified atom stereocenters. The van der Waals surface area contributed by atoms with Crippen molar-refractivity contribution in [2.24, 2.45) is 5.73 Å². The molecule has 272 valence electrons. The number of fused-ring (bicyclic) bond motifs is 6. The standard InChI is InChI=1S/C45H62N6/c1-3-5-7-9-11-20-28-50-42-24-16-14-22-38(42)40-30-36(47-32-44(40)50)34-49(27-19-13-18-26-46)35-37-31-41-39-23-15-17-25-43(39)51(45(41)33-48-37)29-21-12-10-8-6-4-2/h14-17,22-25,30-33H,3-13,18-21,26-29,34-35,46H2,1-2H3. The fourth-order valence-corrected chi connectivity index (χ4v) is 8.06. The summed E-state index contributed by atoms with van der Waals surface area (Å²) in [6.45, 7) is 10.0. The third kappa shape index (κ3) is 9.39. The van der Waals surface area contributed by atoms with Crippen LogP contribution in [0.4, 0.5) is 0 Å². The maximum atomic E-state index is 5.87. The first-order valence-electron chi connectivity index (χ1n) is 20.4. The summed E-state index contributed by atoms with van der Waals surface area (Å²) in [4.78, 5) is 12.7. The molecule has 2 aromatic carbocycles. The molecule has 0 saturated carbocycles. The summed E-state index contributed by atoms with van der Waals surface area (Å²) in [7, 11) is 0. The largest absolute Gasteiger partial charge is 0.339 e. The average Bonchev–Trinajstić information content (AvgIpc) is 3.64. The molecule has 6 nitrogen and oxygen atoms in total. The molecule has 51 heavy (non-hydrogen) atoms. The number of benzene rings is 2. The van der Waals surface area contributed by atoms with E-state index in [4.69, 9.17) is 15.7 Å². The highest BCUT2D eigenvalue weighted by atomic mass is 15.1. The monoisotopic (exact) mass is 687 g/mol. The molecule has 6 aromatic rings. The van der Waals surface area contributed by atoms with Crippen LogP contribution in [0.5, 0.6) is 0 Å². The van der Waals surface area contributed by atoms with E-state index in [9.17, 15) is 0 Å². The Balaban J connectivity index is 1.22. The number of para-hydroxylation sites is 2. The Morgan fingerprint density at radius 1 is 0.510 bits per heavy atom. The Morgan fingerprint density at radius 2 is 0.961 bits per heavy atom. The van der Waals surface area contributed by atoms with Gasteiger partial charge in [0.2, 0.25) is 0 Å². The van der Waals surface area contributed by atoms with Crippen molar-refractivity contribution < 1.29 is 0 Å². The van der Waals surface area contributed by atoms with E-state index < -0.39 is 0 Å². The van der Waals surface area contributed by atoms with Gasteiger partial charge in [0, 0.05) is 58.8 Å². The van der Waals surface area contributed by atoms with Gasteiger partial charge < -0.3 is 14.9 Å². The molecule has 4 aromatic heterocycles. The Hall–Kier alpha value is -3.74. The SMILES string of the molecule is CCCCCCCCn1c2ccccc2c2cc(CN(CCCCCN)Cc3cc4c5ccccc5n(CCCCCCCC)c4cn3)ncc21. The molecule has 0 radical (unpaired) electrons. The molecule has 6 heteroatoms. The Kier molecular flexibility index (Phi) is 13.9. The summed E-state index contributed by atoms with van der Waals surface area (Å²) in [6.07, 6.45) is 23.3. The third-order valence-electron chi connectivity index (χ3n) is 10.9. The summed E-state index contributed by atoms with van der Waals surface area (Å²) in [5.74, 6) is 0. The summed E-state index contributed by atoms with van der Waals surface area (Å²) in [5.41, 5.74) is 13.3. The van der Waals surface area contributed by atoms with Crippen LogP contribution in [0.15, 0.2) is 73.1 Å². The van der Waals surface area contributed by atoms with Crippen LogP contribution in [0.3, 0.4) is 0 Å². The summed E-state index contributed by atoms with van der Waals surface area (Å²) < 4.78 is 5.02. The van der Waals surface area contributed by atoms with Gasteiger partial charge in [-0.1, -0.05) is 121 Å². The van der Waals surface area contributed by atoms with E-state index in [-0.39, 0.29) is 0 Å². The molecule has 0 aliphatic carbocycles. The minimum atomic E-state index is 0.752. The Labute approximate surface area is 306 Å². The molecule has 4 heterocycles. The van der Waals surface area contributed by atoms with E-state index in [0.717, 1.165) is 69.9 Å². The lowest BCUT2D eigenvalue weighted by molar-refractivity contribution is 0.245. The Morgan fingerprint density at radius 3 is 1.45 bits per heavy atom. The van der Waals surface area contributed by atoms with Crippen molar-refractivity contribution in [2.75, 3.05) is 13.1 Å². The van der Waals surface area contributed by atoms with Gasteiger partial charge in [-0.2, -0.15) is 0 Å². The molecule has 0 aliphatic heterocycles. The molecule has 0 bridgehead atoms. The van der Waals surface area contributed by atoms with Gasteiger partial charge in [0.15, 0.2) is 0 Å². The highest BCUT2D eigenvalue weighted by Crippen LogP contribution is 2.32. The molecule has 0 fully saturated rings. The van der Waals surface area contributed by atoms with Gasteiger partial charge in [-0.3, -0.25) is 14.9 Å². The van der Waals surface area contributed by atoms with E-state index in [1.165, 1.54) is 121 Å². The van der Waals surface area contributed by atoms with E-state index in [0.29, 0.717) is 0 Å². The first-order valence-corrected chi connectivity index (χ1v) is 20.4. The molecule has 0 saturated heterocycles. The van der Waals surface area contributed by atoms with E-state index in [1.807, 2.05) is 0 Å². The van der Waals surface area contributed by atoms with Crippen molar-refractivity contribution in [2.45, 2.75) is 136 Å². The number of pyridine rings is 2. The smallest absolute Gasteiger partial charge is 0.0678 e. The number of nitrogens with zero attached hydrogens (tertiary/aromatic N) is 5. The van der Waals surface area contributed by atoms with Crippen molar-refractivity contribution in [1.82, 2.24) is 24.0 Å². The van der Waals surface area contributed by atoms with Crippen molar-refractivity contribution in [3.8, 4) is 0 Å². The number of unbranched alkanes of at least 4 members (excludes halogenated alkanes) is 12. The lowest BCUT2D eigenvalue weighted by Crippen LogP contribution is -2.25. The molecular formula is C45H62N6. The molecular weight excluding hydrogens is 625 g/mol. The quantitative estimate of drug-likeness (QED) is 0.0681. The molecule has 2 N–H and O–H groups in total. The van der Waals surface area contributed by atoms with Crippen LogP contribution in [0.2, 0.25) is 0 Å². The summed E-state index contributed by atoms with van der Waals surface area (Å²) >= 11 is 0. The molecule has 0 aliphatic rings. The van der Waals surface area contributed by atoms with Crippen molar-refractivity contribution in [3.05, 3.63) is 84.4 Å².